The quantitative estimate of drug-likeness (QED) is 0.507. The van der Waals surface area contributed by atoms with E-state index in [0.717, 1.165) is 19.5 Å². The second kappa shape index (κ2) is 4.84. The molecule has 3 nitrogen and oxygen atoms in total. The van der Waals surface area contributed by atoms with Crippen LogP contribution >= 0.6 is 0 Å². The second-order valence-corrected chi connectivity index (χ2v) is 3.40. The highest BCUT2D eigenvalue weighted by Crippen LogP contribution is 2.16. The van der Waals surface area contributed by atoms with Crippen molar-refractivity contribution in [2.24, 2.45) is 0 Å². The standard InChI is InChI=1S/C11H17NO2/c1-4-12-6-5-10(8-12)7-9(2)11(13)14-3/h7-8H,4-6H2,1-3H3/b9-7-. The normalized spacial score (nSPS) is 16.9. The highest BCUT2D eigenvalue weighted by Gasteiger charge is 2.10. The number of allylic oxidation sites excluding steroid dienone is 1. The van der Waals surface area contributed by atoms with Gasteiger partial charge in [-0.05, 0) is 31.9 Å². The molecule has 0 aromatic rings. The molecule has 0 saturated heterocycles. The maximum atomic E-state index is 11.1. The summed E-state index contributed by atoms with van der Waals surface area (Å²) in [5.74, 6) is -0.249. The summed E-state index contributed by atoms with van der Waals surface area (Å²) in [4.78, 5) is 13.4. The number of esters is 1. The van der Waals surface area contributed by atoms with Crippen molar-refractivity contribution in [1.29, 1.82) is 0 Å². The summed E-state index contributed by atoms with van der Waals surface area (Å²) in [6.45, 7) is 5.98. The number of nitrogens with zero attached hydrogens (tertiary/aromatic N) is 1. The minimum absolute atomic E-state index is 0.249. The lowest BCUT2D eigenvalue weighted by Crippen LogP contribution is -2.12. The van der Waals surface area contributed by atoms with Crippen molar-refractivity contribution in [3.63, 3.8) is 0 Å². The molecule has 0 atom stereocenters. The van der Waals surface area contributed by atoms with Gasteiger partial charge in [0.15, 0.2) is 0 Å². The summed E-state index contributed by atoms with van der Waals surface area (Å²) in [6, 6.07) is 0. The fourth-order valence-corrected chi connectivity index (χ4v) is 1.49. The first-order valence-electron chi connectivity index (χ1n) is 4.88. The summed E-state index contributed by atoms with van der Waals surface area (Å²) in [6.07, 6.45) is 5.02. The third-order valence-corrected chi connectivity index (χ3v) is 2.35. The maximum Gasteiger partial charge on any atom is 0.333 e. The minimum Gasteiger partial charge on any atom is -0.466 e. The number of hydrogen-bond donors (Lipinski definition) is 0. The number of carbonyl (C=O) groups excluding carboxylic acids is 1. The van der Waals surface area contributed by atoms with Crippen molar-refractivity contribution >= 4 is 5.97 Å². The van der Waals surface area contributed by atoms with E-state index in [1.165, 1.54) is 12.7 Å². The zero-order chi connectivity index (χ0) is 10.6. The number of rotatable bonds is 3. The number of ether oxygens (including phenoxy) is 1. The minimum atomic E-state index is -0.249. The smallest absolute Gasteiger partial charge is 0.333 e. The first kappa shape index (κ1) is 10.8. The summed E-state index contributed by atoms with van der Waals surface area (Å²) >= 11 is 0. The van der Waals surface area contributed by atoms with Crippen LogP contribution in [-0.4, -0.2) is 31.1 Å². The van der Waals surface area contributed by atoms with E-state index in [1.54, 1.807) is 6.92 Å². The molecule has 0 N–H and O–H groups in total. The molecule has 0 amide bonds. The molecule has 0 spiro atoms. The predicted molar refractivity (Wildman–Crippen MR) is 55.7 cm³/mol. The van der Waals surface area contributed by atoms with E-state index < -0.39 is 0 Å². The summed E-state index contributed by atoms with van der Waals surface area (Å²) in [7, 11) is 1.40. The molecule has 0 aromatic carbocycles. The Bertz CT molecular complexity index is 279. The molecule has 1 heterocycles. The average molecular weight is 195 g/mol. The topological polar surface area (TPSA) is 29.5 Å². The number of carbonyl (C=O) groups is 1. The van der Waals surface area contributed by atoms with Gasteiger partial charge in [0.1, 0.15) is 0 Å². The Hall–Kier alpha value is -1.25. The Kier molecular flexibility index (Phi) is 3.74. The number of hydrogen-bond acceptors (Lipinski definition) is 3. The fourth-order valence-electron chi connectivity index (χ4n) is 1.49. The third kappa shape index (κ3) is 2.62. The van der Waals surface area contributed by atoms with E-state index in [2.05, 4.69) is 22.8 Å². The van der Waals surface area contributed by atoms with Gasteiger partial charge in [-0.3, -0.25) is 0 Å². The van der Waals surface area contributed by atoms with Crippen LogP contribution in [0.3, 0.4) is 0 Å². The van der Waals surface area contributed by atoms with Gasteiger partial charge in [-0.2, -0.15) is 0 Å². The second-order valence-electron chi connectivity index (χ2n) is 3.40. The molecule has 0 unspecified atom stereocenters. The highest BCUT2D eigenvalue weighted by atomic mass is 16.5. The number of methoxy groups -OCH3 is 1. The van der Waals surface area contributed by atoms with Crippen LogP contribution in [-0.2, 0) is 9.53 Å². The monoisotopic (exact) mass is 195 g/mol. The Labute approximate surface area is 85.0 Å². The molecule has 3 heteroatoms. The lowest BCUT2D eigenvalue weighted by molar-refractivity contribution is -0.136. The summed E-state index contributed by atoms with van der Waals surface area (Å²) < 4.78 is 4.63. The SMILES string of the molecule is CCN1C=C(/C=C(/C)C(=O)OC)CC1. The van der Waals surface area contributed by atoms with Gasteiger partial charge in [-0.25, -0.2) is 4.79 Å². The van der Waals surface area contributed by atoms with Crippen molar-refractivity contribution in [3.05, 3.63) is 23.4 Å². The Morgan fingerprint density at radius 1 is 1.71 bits per heavy atom. The summed E-state index contributed by atoms with van der Waals surface area (Å²) in [5.41, 5.74) is 1.87. The molecule has 78 valence electrons. The van der Waals surface area contributed by atoms with E-state index in [1.807, 2.05) is 6.08 Å². The largest absolute Gasteiger partial charge is 0.466 e. The Balaban J connectivity index is 2.64. The van der Waals surface area contributed by atoms with Crippen LogP contribution in [0.1, 0.15) is 20.3 Å². The highest BCUT2D eigenvalue weighted by molar-refractivity contribution is 5.88. The van der Waals surface area contributed by atoms with Crippen LogP contribution in [0.5, 0.6) is 0 Å². The maximum absolute atomic E-state index is 11.1. The lowest BCUT2D eigenvalue weighted by Gasteiger charge is -2.09. The molecular formula is C11H17NO2. The molecule has 14 heavy (non-hydrogen) atoms. The van der Waals surface area contributed by atoms with Gasteiger partial charge < -0.3 is 9.64 Å². The molecule has 1 rings (SSSR count). The summed E-state index contributed by atoms with van der Waals surface area (Å²) in [5, 5.41) is 0. The van der Waals surface area contributed by atoms with E-state index in [9.17, 15) is 4.79 Å². The van der Waals surface area contributed by atoms with Crippen LogP contribution in [0.25, 0.3) is 0 Å². The zero-order valence-corrected chi connectivity index (χ0v) is 9.04. The van der Waals surface area contributed by atoms with E-state index in [0.29, 0.717) is 5.57 Å². The van der Waals surface area contributed by atoms with Gasteiger partial charge in [0.05, 0.1) is 7.11 Å². The molecule has 0 fully saturated rings. The van der Waals surface area contributed by atoms with Gasteiger partial charge in [-0.1, -0.05) is 0 Å². The predicted octanol–water partition coefficient (Wildman–Crippen LogP) is 1.72. The van der Waals surface area contributed by atoms with E-state index >= 15 is 0 Å². The van der Waals surface area contributed by atoms with Crippen LogP contribution in [0, 0.1) is 0 Å². The first-order chi connectivity index (χ1) is 6.67. The van der Waals surface area contributed by atoms with Crippen LogP contribution in [0.2, 0.25) is 0 Å². The van der Waals surface area contributed by atoms with Gasteiger partial charge in [-0.15, -0.1) is 0 Å². The Morgan fingerprint density at radius 2 is 2.43 bits per heavy atom. The van der Waals surface area contributed by atoms with Crippen LogP contribution in [0.4, 0.5) is 0 Å². The van der Waals surface area contributed by atoms with Crippen molar-refractivity contribution in [2.45, 2.75) is 20.3 Å². The molecule has 0 radical (unpaired) electrons. The van der Waals surface area contributed by atoms with Gasteiger partial charge >= 0.3 is 5.97 Å². The van der Waals surface area contributed by atoms with Crippen molar-refractivity contribution < 1.29 is 9.53 Å². The average Bonchev–Trinajstić information content (AvgIpc) is 2.64. The molecular weight excluding hydrogens is 178 g/mol. The van der Waals surface area contributed by atoms with Gasteiger partial charge in [0, 0.05) is 24.9 Å². The Morgan fingerprint density at radius 3 is 2.93 bits per heavy atom. The van der Waals surface area contributed by atoms with E-state index in [-0.39, 0.29) is 5.97 Å². The van der Waals surface area contributed by atoms with Crippen LogP contribution in [0.15, 0.2) is 23.4 Å². The molecule has 0 aliphatic carbocycles. The van der Waals surface area contributed by atoms with Crippen molar-refractivity contribution in [3.8, 4) is 0 Å². The lowest BCUT2D eigenvalue weighted by atomic mass is 10.1. The third-order valence-electron chi connectivity index (χ3n) is 2.35. The fraction of sp³-hybridized carbons (Fsp3) is 0.545. The van der Waals surface area contributed by atoms with Crippen molar-refractivity contribution in [1.82, 2.24) is 4.90 Å². The zero-order valence-electron chi connectivity index (χ0n) is 9.04. The molecule has 0 aromatic heterocycles. The molecule has 1 aliphatic rings. The van der Waals surface area contributed by atoms with Gasteiger partial charge in [0.25, 0.3) is 0 Å². The molecule has 0 saturated carbocycles. The molecule has 1 aliphatic heterocycles. The van der Waals surface area contributed by atoms with Gasteiger partial charge in [0.2, 0.25) is 0 Å². The van der Waals surface area contributed by atoms with Crippen molar-refractivity contribution in [2.75, 3.05) is 20.2 Å². The first-order valence-corrected chi connectivity index (χ1v) is 4.88. The molecule has 0 bridgehead atoms. The van der Waals surface area contributed by atoms with Crippen LogP contribution < -0.4 is 0 Å². The van der Waals surface area contributed by atoms with E-state index in [4.69, 9.17) is 0 Å².